The van der Waals surface area contributed by atoms with Crippen molar-refractivity contribution in [1.29, 1.82) is 0 Å². The average molecular weight is 480 g/mol. The number of nitrogens with one attached hydrogen (secondary N) is 1. The van der Waals surface area contributed by atoms with Gasteiger partial charge in [-0.1, -0.05) is 18.2 Å². The number of fused-ring (bicyclic) bond motifs is 1. The third kappa shape index (κ3) is 5.60. The van der Waals surface area contributed by atoms with Crippen LogP contribution in [0.5, 0.6) is 0 Å². The number of ketones is 1. The Morgan fingerprint density at radius 3 is 2.69 bits per heavy atom. The summed E-state index contributed by atoms with van der Waals surface area (Å²) in [6.07, 6.45) is 7.98. The number of carbonyl (C=O) groups is 1. The largest absolute Gasteiger partial charge is 0.382 e. The number of benzene rings is 1. The fourth-order valence-electron chi connectivity index (χ4n) is 4.88. The molecule has 1 aliphatic heterocycles. The van der Waals surface area contributed by atoms with Crippen LogP contribution in [-0.2, 0) is 6.42 Å². The lowest BCUT2D eigenvalue weighted by molar-refractivity contribution is 0.0992. The van der Waals surface area contributed by atoms with Crippen molar-refractivity contribution in [3.8, 4) is 11.3 Å². The van der Waals surface area contributed by atoms with Crippen LogP contribution < -0.4 is 5.32 Å². The second-order valence-electron chi connectivity index (χ2n) is 10.1. The highest BCUT2D eigenvalue weighted by Gasteiger charge is 2.19. The highest BCUT2D eigenvalue weighted by molar-refractivity contribution is 5.97. The first-order valence-corrected chi connectivity index (χ1v) is 12.7. The van der Waals surface area contributed by atoms with Crippen LogP contribution in [0.25, 0.3) is 22.2 Å². The van der Waals surface area contributed by atoms with E-state index in [1.54, 1.807) is 6.20 Å². The van der Waals surface area contributed by atoms with Gasteiger partial charge in [0.05, 0.1) is 29.0 Å². The molecule has 0 saturated carbocycles. The van der Waals surface area contributed by atoms with E-state index in [2.05, 4.69) is 59.3 Å². The minimum Gasteiger partial charge on any atom is -0.382 e. The van der Waals surface area contributed by atoms with Crippen LogP contribution in [0.2, 0.25) is 0 Å². The number of carbonyl (C=O) groups excluding carboxylic acids is 1. The number of likely N-dealkylation sites (tertiary alicyclic amines) is 1. The lowest BCUT2D eigenvalue weighted by Crippen LogP contribution is -2.29. The molecule has 1 aromatic carbocycles. The van der Waals surface area contributed by atoms with Crippen LogP contribution in [0, 0.1) is 0 Å². The van der Waals surface area contributed by atoms with Gasteiger partial charge in [0.1, 0.15) is 0 Å². The fraction of sp³-hybridized carbons (Fsp3) is 0.333. The molecule has 3 aromatic heterocycles. The zero-order valence-electron chi connectivity index (χ0n) is 21.2. The van der Waals surface area contributed by atoms with Crippen molar-refractivity contribution < 1.29 is 4.79 Å². The van der Waals surface area contributed by atoms with Gasteiger partial charge in [-0.3, -0.25) is 14.8 Å². The number of rotatable bonds is 7. The smallest absolute Gasteiger partial charge is 0.168 e. The van der Waals surface area contributed by atoms with E-state index in [1.807, 2.05) is 42.7 Å². The normalized spacial score (nSPS) is 14.9. The van der Waals surface area contributed by atoms with E-state index < -0.39 is 0 Å². The predicted molar refractivity (Wildman–Crippen MR) is 145 cm³/mol. The molecule has 184 valence electrons. The Balaban J connectivity index is 1.35. The Bertz CT molecular complexity index is 1370. The first kappa shape index (κ1) is 24.1. The van der Waals surface area contributed by atoms with E-state index in [9.17, 15) is 4.79 Å². The summed E-state index contributed by atoms with van der Waals surface area (Å²) in [4.78, 5) is 29.3. The van der Waals surface area contributed by atoms with E-state index >= 15 is 0 Å². The molecule has 0 amide bonds. The first-order valence-electron chi connectivity index (χ1n) is 12.7. The number of piperidine rings is 1. The van der Waals surface area contributed by atoms with Crippen molar-refractivity contribution in [3.63, 3.8) is 0 Å². The monoisotopic (exact) mass is 479 g/mol. The fourth-order valence-corrected chi connectivity index (χ4v) is 4.88. The van der Waals surface area contributed by atoms with Crippen LogP contribution in [0.3, 0.4) is 0 Å². The molecule has 1 fully saturated rings. The van der Waals surface area contributed by atoms with Gasteiger partial charge in [0.2, 0.25) is 0 Å². The maximum absolute atomic E-state index is 13.2. The lowest BCUT2D eigenvalue weighted by atomic mass is 9.88. The molecule has 0 aliphatic carbocycles. The molecule has 4 aromatic rings. The van der Waals surface area contributed by atoms with Crippen LogP contribution in [0.1, 0.15) is 54.2 Å². The summed E-state index contributed by atoms with van der Waals surface area (Å²) >= 11 is 0. The molecule has 0 radical (unpaired) electrons. The molecule has 5 rings (SSSR count). The van der Waals surface area contributed by atoms with Gasteiger partial charge in [0.25, 0.3) is 0 Å². The van der Waals surface area contributed by atoms with Crippen molar-refractivity contribution in [1.82, 2.24) is 19.9 Å². The minimum absolute atomic E-state index is 0.0874. The second kappa shape index (κ2) is 10.5. The van der Waals surface area contributed by atoms with E-state index in [-0.39, 0.29) is 12.2 Å². The Hall–Kier alpha value is -3.64. The number of hydrogen-bond donors (Lipinski definition) is 1. The first-order chi connectivity index (χ1) is 17.4. The summed E-state index contributed by atoms with van der Waals surface area (Å²) in [6.45, 7) is 6.41. The summed E-state index contributed by atoms with van der Waals surface area (Å²) in [5.41, 5.74) is 6.35. The summed E-state index contributed by atoms with van der Waals surface area (Å²) in [6, 6.07) is 16.5. The lowest BCUT2D eigenvalue weighted by Gasteiger charge is -2.29. The quantitative estimate of drug-likeness (QED) is 0.341. The third-order valence-electron chi connectivity index (χ3n) is 6.86. The standard InChI is InChI=1S/C30H33N5O/c1-20(2)33-27-14-25(17-31-19-27)28-8-7-24-18-32-26(15-29(24)34-28)16-30(36)23-6-4-5-22(13-23)21-9-11-35(3)12-10-21/h4-8,13-15,17-21,33H,9-12,16H2,1-3H3. The SMILES string of the molecule is CC(C)Nc1cncc(-c2ccc3cnc(CC(=O)c4cccc(C5CCN(C)CC5)c4)cc3n2)c1. The average Bonchev–Trinajstić information content (AvgIpc) is 2.88. The maximum Gasteiger partial charge on any atom is 0.168 e. The van der Waals surface area contributed by atoms with Crippen molar-refractivity contribution in [2.45, 2.75) is 45.1 Å². The van der Waals surface area contributed by atoms with Crippen molar-refractivity contribution >= 4 is 22.4 Å². The molecule has 6 nitrogen and oxygen atoms in total. The molecule has 6 heteroatoms. The molecule has 4 heterocycles. The Morgan fingerprint density at radius 2 is 1.89 bits per heavy atom. The maximum atomic E-state index is 13.2. The predicted octanol–water partition coefficient (Wildman–Crippen LogP) is 5.75. The number of anilines is 1. The van der Waals surface area contributed by atoms with Gasteiger partial charge >= 0.3 is 0 Å². The Labute approximate surface area is 212 Å². The van der Waals surface area contributed by atoms with Crippen LogP contribution in [-0.4, -0.2) is 51.8 Å². The van der Waals surface area contributed by atoms with Gasteiger partial charge < -0.3 is 10.2 Å². The van der Waals surface area contributed by atoms with E-state index in [4.69, 9.17) is 4.98 Å². The Morgan fingerprint density at radius 1 is 1.06 bits per heavy atom. The molecule has 1 aliphatic rings. The molecule has 0 spiro atoms. The third-order valence-corrected chi connectivity index (χ3v) is 6.86. The van der Waals surface area contributed by atoms with Crippen molar-refractivity contribution in [2.75, 3.05) is 25.5 Å². The minimum atomic E-state index is 0.0874. The molecule has 36 heavy (non-hydrogen) atoms. The summed E-state index contributed by atoms with van der Waals surface area (Å²) in [5.74, 6) is 0.614. The summed E-state index contributed by atoms with van der Waals surface area (Å²) in [7, 11) is 2.17. The van der Waals surface area contributed by atoms with Crippen LogP contribution in [0.4, 0.5) is 5.69 Å². The molecule has 1 saturated heterocycles. The number of Topliss-reactive ketones (excluding diaryl/α,β-unsaturated/α-hetero) is 1. The van der Waals surface area contributed by atoms with Gasteiger partial charge in [0.15, 0.2) is 5.78 Å². The zero-order chi connectivity index (χ0) is 25.1. The summed E-state index contributed by atoms with van der Waals surface area (Å²) in [5, 5.41) is 4.33. The number of nitrogens with zero attached hydrogens (tertiary/aromatic N) is 4. The van der Waals surface area contributed by atoms with E-state index in [1.165, 1.54) is 5.56 Å². The molecule has 1 N–H and O–H groups in total. The topological polar surface area (TPSA) is 71.0 Å². The number of hydrogen-bond acceptors (Lipinski definition) is 6. The molecular weight excluding hydrogens is 446 g/mol. The highest BCUT2D eigenvalue weighted by Crippen LogP contribution is 2.28. The molecule has 0 atom stereocenters. The van der Waals surface area contributed by atoms with Crippen molar-refractivity contribution in [3.05, 3.63) is 83.9 Å². The Kier molecular flexibility index (Phi) is 7.05. The zero-order valence-corrected chi connectivity index (χ0v) is 21.2. The molecule has 0 unspecified atom stereocenters. The number of aromatic nitrogens is 3. The van der Waals surface area contributed by atoms with Crippen molar-refractivity contribution in [2.24, 2.45) is 0 Å². The highest BCUT2D eigenvalue weighted by atomic mass is 16.1. The van der Waals surface area contributed by atoms with Gasteiger partial charge in [-0.25, -0.2) is 4.98 Å². The van der Waals surface area contributed by atoms with Gasteiger partial charge in [-0.15, -0.1) is 0 Å². The number of pyridine rings is 3. The van der Waals surface area contributed by atoms with Crippen LogP contribution in [0.15, 0.2) is 67.1 Å². The summed E-state index contributed by atoms with van der Waals surface area (Å²) < 4.78 is 0. The van der Waals surface area contributed by atoms with E-state index in [0.29, 0.717) is 12.0 Å². The second-order valence-corrected chi connectivity index (χ2v) is 10.1. The van der Waals surface area contributed by atoms with Gasteiger partial charge in [-0.05, 0) is 88.6 Å². The van der Waals surface area contributed by atoms with Gasteiger partial charge in [0, 0.05) is 41.1 Å². The molecule has 0 bridgehead atoms. The van der Waals surface area contributed by atoms with E-state index in [0.717, 1.165) is 65.0 Å². The van der Waals surface area contributed by atoms with Gasteiger partial charge in [-0.2, -0.15) is 0 Å². The van der Waals surface area contributed by atoms with Crippen LogP contribution >= 0.6 is 0 Å². The molecular formula is C30H33N5O.